The molecule has 0 aromatic heterocycles. The first-order chi connectivity index (χ1) is 4.75. The van der Waals surface area contributed by atoms with E-state index in [1.54, 1.807) is 0 Å². The van der Waals surface area contributed by atoms with E-state index in [0.29, 0.717) is 0 Å². The lowest BCUT2D eigenvalue weighted by Crippen LogP contribution is -2.36. The minimum atomic E-state index is -0.472. The van der Waals surface area contributed by atoms with Gasteiger partial charge in [-0.2, -0.15) is 0 Å². The minimum absolute atomic E-state index is 0.127. The Kier molecular flexibility index (Phi) is 2.24. The number of rotatable bonds is 2. The van der Waals surface area contributed by atoms with E-state index in [4.69, 9.17) is 10.6 Å². The molecule has 2 atom stereocenters. The summed E-state index contributed by atoms with van der Waals surface area (Å²) in [7, 11) is 0. The molecule has 1 amide bonds. The molecule has 10 heavy (non-hydrogen) atoms. The van der Waals surface area contributed by atoms with Crippen LogP contribution in [0, 0.1) is 0 Å². The number of nitrogens with two attached hydrogens (primary N) is 1. The van der Waals surface area contributed by atoms with E-state index in [9.17, 15) is 4.79 Å². The lowest BCUT2D eigenvalue weighted by Gasteiger charge is -2.07. The summed E-state index contributed by atoms with van der Waals surface area (Å²) in [6, 6.07) is -0.472. The van der Waals surface area contributed by atoms with Gasteiger partial charge in [-0.15, -0.1) is 0 Å². The second-order valence-corrected chi connectivity index (χ2v) is 2.44. The Labute approximate surface area is 59.7 Å². The number of nitrogens with one attached hydrogen (secondary N) is 1. The van der Waals surface area contributed by atoms with Crippen molar-refractivity contribution in [3.8, 4) is 0 Å². The molecule has 0 spiro atoms. The summed E-state index contributed by atoms with van der Waals surface area (Å²) in [5.74, 6) is -0.210. The van der Waals surface area contributed by atoms with Crippen molar-refractivity contribution in [2.75, 3.05) is 0 Å². The number of hydrogen-bond donors (Lipinski definition) is 2. The van der Waals surface area contributed by atoms with Crippen molar-refractivity contribution in [3.63, 3.8) is 0 Å². The van der Waals surface area contributed by atoms with Crippen molar-refractivity contribution < 1.29 is 9.63 Å². The van der Waals surface area contributed by atoms with Crippen LogP contribution in [0.15, 0.2) is 0 Å². The fraction of sp³-hybridized carbons (Fsp3) is 0.833. The molecule has 4 heteroatoms. The van der Waals surface area contributed by atoms with Crippen LogP contribution in [0.4, 0.5) is 0 Å². The van der Waals surface area contributed by atoms with Crippen LogP contribution < -0.4 is 11.2 Å². The summed E-state index contributed by atoms with van der Waals surface area (Å²) >= 11 is 0. The summed E-state index contributed by atoms with van der Waals surface area (Å²) in [4.78, 5) is 15.6. The first kappa shape index (κ1) is 7.50. The molecule has 0 unspecified atom stereocenters. The fourth-order valence-electron chi connectivity index (χ4n) is 0.967. The molecule has 1 aliphatic heterocycles. The average Bonchev–Trinajstić information content (AvgIpc) is 2.20. The van der Waals surface area contributed by atoms with E-state index in [1.807, 2.05) is 6.92 Å². The minimum Gasteiger partial charge on any atom is -0.318 e. The summed E-state index contributed by atoms with van der Waals surface area (Å²) < 4.78 is 0. The van der Waals surface area contributed by atoms with Crippen LogP contribution >= 0.6 is 0 Å². The van der Waals surface area contributed by atoms with Crippen molar-refractivity contribution in [1.82, 2.24) is 5.48 Å². The van der Waals surface area contributed by atoms with Gasteiger partial charge in [-0.1, -0.05) is 13.3 Å². The number of hydroxylamine groups is 1. The third-order valence-electron chi connectivity index (χ3n) is 1.59. The largest absolute Gasteiger partial charge is 0.318 e. The molecule has 1 fully saturated rings. The number of amides is 1. The first-order valence-electron chi connectivity index (χ1n) is 3.46. The molecule has 0 aromatic rings. The highest BCUT2D eigenvalue weighted by Crippen LogP contribution is 2.09. The zero-order valence-electron chi connectivity index (χ0n) is 5.96. The molecule has 1 heterocycles. The van der Waals surface area contributed by atoms with E-state index in [0.717, 1.165) is 12.8 Å². The third kappa shape index (κ3) is 1.27. The molecule has 0 aromatic carbocycles. The van der Waals surface area contributed by atoms with Crippen molar-refractivity contribution in [2.24, 2.45) is 5.73 Å². The third-order valence-corrected chi connectivity index (χ3v) is 1.59. The first-order valence-corrected chi connectivity index (χ1v) is 3.46. The monoisotopic (exact) mass is 144 g/mol. The standard InChI is InChI=1S/C6H12N2O2/c1-2-3-4-5(7)6(9)8-10-4/h4-5H,2-3,7H2,1H3,(H,8,9)/t4-,5-/m0/s1. The second-order valence-electron chi connectivity index (χ2n) is 2.44. The highest BCUT2D eigenvalue weighted by atomic mass is 16.7. The van der Waals surface area contributed by atoms with Gasteiger partial charge in [0.1, 0.15) is 12.1 Å². The molecule has 1 aliphatic rings. The van der Waals surface area contributed by atoms with Gasteiger partial charge < -0.3 is 5.73 Å². The number of carbonyl (C=O) groups is 1. The smallest absolute Gasteiger partial charge is 0.263 e. The Bertz CT molecular complexity index is 138. The second kappa shape index (κ2) is 2.98. The summed E-state index contributed by atoms with van der Waals surface area (Å²) in [6.07, 6.45) is 1.69. The Morgan fingerprint density at radius 2 is 2.50 bits per heavy atom. The van der Waals surface area contributed by atoms with Crippen LogP contribution in [0.1, 0.15) is 19.8 Å². The summed E-state index contributed by atoms with van der Waals surface area (Å²) in [6.45, 7) is 2.03. The van der Waals surface area contributed by atoms with Gasteiger partial charge in [-0.3, -0.25) is 9.63 Å². The SMILES string of the molecule is CCC[C@@H]1ONC(=O)[C@H]1N. The topological polar surface area (TPSA) is 64.3 Å². The van der Waals surface area contributed by atoms with Gasteiger partial charge in [-0.25, -0.2) is 5.48 Å². The van der Waals surface area contributed by atoms with Gasteiger partial charge in [0.15, 0.2) is 0 Å². The van der Waals surface area contributed by atoms with Crippen LogP contribution in [0.3, 0.4) is 0 Å². The molecule has 0 saturated carbocycles. The molecule has 0 radical (unpaired) electrons. The van der Waals surface area contributed by atoms with Crippen molar-refractivity contribution in [2.45, 2.75) is 31.9 Å². The van der Waals surface area contributed by atoms with Crippen LogP contribution in [0.5, 0.6) is 0 Å². The van der Waals surface area contributed by atoms with Gasteiger partial charge in [-0.05, 0) is 6.42 Å². The average molecular weight is 144 g/mol. The lowest BCUT2D eigenvalue weighted by atomic mass is 10.1. The van der Waals surface area contributed by atoms with Crippen LogP contribution in [0.25, 0.3) is 0 Å². The molecule has 1 rings (SSSR count). The van der Waals surface area contributed by atoms with Crippen molar-refractivity contribution in [3.05, 3.63) is 0 Å². The van der Waals surface area contributed by atoms with E-state index in [-0.39, 0.29) is 12.0 Å². The zero-order chi connectivity index (χ0) is 7.56. The van der Waals surface area contributed by atoms with Gasteiger partial charge in [0.25, 0.3) is 5.91 Å². The van der Waals surface area contributed by atoms with E-state index < -0.39 is 6.04 Å². The van der Waals surface area contributed by atoms with Crippen molar-refractivity contribution in [1.29, 1.82) is 0 Å². The Hall–Kier alpha value is -0.610. The predicted octanol–water partition coefficient (Wildman–Crippen LogP) is -0.456. The van der Waals surface area contributed by atoms with Gasteiger partial charge in [0.2, 0.25) is 0 Å². The summed E-state index contributed by atoms with van der Waals surface area (Å²) in [5, 5.41) is 0. The Balaban J connectivity index is 2.41. The molecular formula is C6H12N2O2. The van der Waals surface area contributed by atoms with Crippen LogP contribution in [-0.2, 0) is 9.63 Å². The molecule has 0 aliphatic carbocycles. The zero-order valence-corrected chi connectivity index (χ0v) is 5.96. The van der Waals surface area contributed by atoms with Gasteiger partial charge >= 0.3 is 0 Å². The number of carbonyl (C=O) groups excluding carboxylic acids is 1. The predicted molar refractivity (Wildman–Crippen MR) is 35.9 cm³/mol. The van der Waals surface area contributed by atoms with E-state index in [2.05, 4.69) is 5.48 Å². The highest BCUT2D eigenvalue weighted by molar-refractivity contribution is 5.82. The highest BCUT2D eigenvalue weighted by Gasteiger charge is 2.31. The molecular weight excluding hydrogens is 132 g/mol. The maximum atomic E-state index is 10.7. The Morgan fingerprint density at radius 3 is 2.90 bits per heavy atom. The molecule has 4 nitrogen and oxygen atoms in total. The summed E-state index contributed by atoms with van der Waals surface area (Å²) in [5.41, 5.74) is 7.71. The maximum Gasteiger partial charge on any atom is 0.263 e. The van der Waals surface area contributed by atoms with Crippen LogP contribution in [-0.4, -0.2) is 18.1 Å². The van der Waals surface area contributed by atoms with E-state index >= 15 is 0 Å². The fourth-order valence-corrected chi connectivity index (χ4v) is 0.967. The molecule has 0 bridgehead atoms. The van der Waals surface area contributed by atoms with Gasteiger partial charge in [0, 0.05) is 0 Å². The Morgan fingerprint density at radius 1 is 1.80 bits per heavy atom. The molecule has 1 saturated heterocycles. The van der Waals surface area contributed by atoms with Gasteiger partial charge in [0.05, 0.1) is 0 Å². The van der Waals surface area contributed by atoms with E-state index in [1.165, 1.54) is 0 Å². The maximum absolute atomic E-state index is 10.7. The molecule has 58 valence electrons. The quantitative estimate of drug-likeness (QED) is 0.551. The van der Waals surface area contributed by atoms with Crippen molar-refractivity contribution >= 4 is 5.91 Å². The number of hydrogen-bond acceptors (Lipinski definition) is 3. The molecule has 3 N–H and O–H groups in total. The lowest BCUT2D eigenvalue weighted by molar-refractivity contribution is -0.125. The van der Waals surface area contributed by atoms with Crippen LogP contribution in [0.2, 0.25) is 0 Å². The normalized spacial score (nSPS) is 32.4.